The molecule has 0 spiro atoms. The molecule has 0 atom stereocenters. The number of anilines is 1. The first-order valence-corrected chi connectivity index (χ1v) is 9.95. The molecule has 0 fully saturated rings. The summed E-state index contributed by atoms with van der Waals surface area (Å²) in [5.74, 6) is 0.0629. The van der Waals surface area contributed by atoms with E-state index in [9.17, 15) is 4.79 Å². The lowest BCUT2D eigenvalue weighted by Crippen LogP contribution is -2.35. The molecular formula is C23H25N5O. The zero-order chi connectivity index (χ0) is 20.1. The summed E-state index contributed by atoms with van der Waals surface area (Å²) in [5.41, 5.74) is 4.66. The normalized spacial score (nSPS) is 10.9. The van der Waals surface area contributed by atoms with Gasteiger partial charge in [0.05, 0.1) is 11.4 Å². The number of nitrogens with zero attached hydrogens (tertiary/aromatic N) is 2. The molecule has 2 aromatic heterocycles. The van der Waals surface area contributed by atoms with Gasteiger partial charge in [0.25, 0.3) is 5.91 Å². The molecule has 0 saturated heterocycles. The Kier molecular flexibility index (Phi) is 5.61. The standard InChI is InChI=1S/C23H25N5O/c1-2-13-28(14-12-24-19-6-4-3-5-7-19)23(29)17-8-9-20-18(15-17)16-22(26-20)21-10-11-25-27-21/h3-11,15-16,24,26H,2,12-14H2,1H3,(H,25,27). The molecule has 3 N–H and O–H groups in total. The van der Waals surface area contributed by atoms with Crippen LogP contribution in [-0.2, 0) is 0 Å². The number of aromatic nitrogens is 3. The van der Waals surface area contributed by atoms with Crippen molar-refractivity contribution < 1.29 is 4.79 Å². The molecule has 2 aromatic carbocycles. The second kappa shape index (κ2) is 8.65. The number of para-hydroxylation sites is 1. The molecule has 0 unspecified atom stereocenters. The summed E-state index contributed by atoms with van der Waals surface area (Å²) >= 11 is 0. The van der Waals surface area contributed by atoms with Gasteiger partial charge in [0.2, 0.25) is 0 Å². The third-order valence-electron chi connectivity index (χ3n) is 4.92. The van der Waals surface area contributed by atoms with E-state index in [4.69, 9.17) is 0 Å². The van der Waals surface area contributed by atoms with Gasteiger partial charge >= 0.3 is 0 Å². The Hall–Kier alpha value is -3.54. The van der Waals surface area contributed by atoms with Crippen LogP contribution < -0.4 is 5.32 Å². The zero-order valence-electron chi connectivity index (χ0n) is 16.5. The predicted molar refractivity (Wildman–Crippen MR) is 117 cm³/mol. The maximum Gasteiger partial charge on any atom is 0.253 e. The van der Waals surface area contributed by atoms with Gasteiger partial charge in [-0.3, -0.25) is 9.89 Å². The highest BCUT2D eigenvalue weighted by Gasteiger charge is 2.16. The average molecular weight is 387 g/mol. The highest BCUT2D eigenvalue weighted by molar-refractivity contribution is 5.99. The summed E-state index contributed by atoms with van der Waals surface area (Å²) in [6, 6.07) is 19.8. The van der Waals surface area contributed by atoms with Crippen molar-refractivity contribution in [2.24, 2.45) is 0 Å². The van der Waals surface area contributed by atoms with Crippen molar-refractivity contribution in [2.75, 3.05) is 25.0 Å². The van der Waals surface area contributed by atoms with Crippen molar-refractivity contribution in [1.29, 1.82) is 0 Å². The van der Waals surface area contributed by atoms with Crippen molar-refractivity contribution in [3.8, 4) is 11.4 Å². The Morgan fingerprint density at radius 2 is 1.90 bits per heavy atom. The first kappa shape index (κ1) is 18.8. The predicted octanol–water partition coefficient (Wildman–Crippen LogP) is 4.52. The van der Waals surface area contributed by atoms with Gasteiger partial charge in [-0.25, -0.2) is 0 Å². The first-order valence-electron chi connectivity index (χ1n) is 9.95. The van der Waals surface area contributed by atoms with E-state index in [0.717, 1.165) is 40.9 Å². The van der Waals surface area contributed by atoms with Crippen LogP contribution in [0.25, 0.3) is 22.3 Å². The SMILES string of the molecule is CCCN(CCNc1ccccc1)C(=O)c1ccc2[nH]c(-c3ccn[nH]3)cc2c1. The van der Waals surface area contributed by atoms with E-state index in [0.29, 0.717) is 18.7 Å². The highest BCUT2D eigenvalue weighted by atomic mass is 16.2. The van der Waals surface area contributed by atoms with Crippen molar-refractivity contribution in [1.82, 2.24) is 20.1 Å². The lowest BCUT2D eigenvalue weighted by Gasteiger charge is -2.23. The molecule has 0 aliphatic heterocycles. The van der Waals surface area contributed by atoms with E-state index in [-0.39, 0.29) is 5.91 Å². The number of carbonyl (C=O) groups is 1. The maximum absolute atomic E-state index is 13.1. The van der Waals surface area contributed by atoms with Crippen molar-refractivity contribution in [3.05, 3.63) is 72.4 Å². The minimum atomic E-state index is 0.0629. The number of fused-ring (bicyclic) bond motifs is 1. The summed E-state index contributed by atoms with van der Waals surface area (Å²) in [4.78, 5) is 18.4. The third kappa shape index (κ3) is 4.32. The van der Waals surface area contributed by atoms with Crippen molar-refractivity contribution >= 4 is 22.5 Å². The molecule has 0 aliphatic rings. The van der Waals surface area contributed by atoms with Gasteiger partial charge in [0.15, 0.2) is 0 Å². The molecule has 4 rings (SSSR count). The number of H-pyrrole nitrogens is 2. The van der Waals surface area contributed by atoms with Gasteiger partial charge in [-0.1, -0.05) is 25.1 Å². The minimum Gasteiger partial charge on any atom is -0.383 e. The lowest BCUT2D eigenvalue weighted by molar-refractivity contribution is 0.0762. The van der Waals surface area contributed by atoms with Crippen LogP contribution >= 0.6 is 0 Å². The Morgan fingerprint density at radius 1 is 1.03 bits per heavy atom. The summed E-state index contributed by atoms with van der Waals surface area (Å²) < 4.78 is 0. The van der Waals surface area contributed by atoms with E-state index >= 15 is 0 Å². The maximum atomic E-state index is 13.1. The van der Waals surface area contributed by atoms with Crippen LogP contribution in [-0.4, -0.2) is 45.6 Å². The highest BCUT2D eigenvalue weighted by Crippen LogP contribution is 2.24. The van der Waals surface area contributed by atoms with Crippen molar-refractivity contribution in [3.63, 3.8) is 0 Å². The molecule has 0 aliphatic carbocycles. The number of amides is 1. The molecule has 1 amide bonds. The van der Waals surface area contributed by atoms with E-state index in [1.54, 1.807) is 6.20 Å². The smallest absolute Gasteiger partial charge is 0.253 e. The first-order chi connectivity index (χ1) is 14.2. The van der Waals surface area contributed by atoms with Gasteiger partial charge in [-0.2, -0.15) is 5.10 Å². The molecule has 0 radical (unpaired) electrons. The van der Waals surface area contributed by atoms with Crippen molar-refractivity contribution in [2.45, 2.75) is 13.3 Å². The summed E-state index contributed by atoms with van der Waals surface area (Å²) in [5, 5.41) is 11.4. The molecule has 29 heavy (non-hydrogen) atoms. The monoisotopic (exact) mass is 387 g/mol. The quantitative estimate of drug-likeness (QED) is 0.416. The number of rotatable bonds is 8. The van der Waals surface area contributed by atoms with Crippen LogP contribution in [0.5, 0.6) is 0 Å². The lowest BCUT2D eigenvalue weighted by atomic mass is 10.1. The van der Waals surface area contributed by atoms with E-state index in [1.807, 2.05) is 65.6 Å². The van der Waals surface area contributed by atoms with Gasteiger partial charge < -0.3 is 15.2 Å². The van der Waals surface area contributed by atoms with Gasteiger partial charge in [-0.05, 0) is 48.9 Å². The molecule has 4 aromatic rings. The van der Waals surface area contributed by atoms with Gasteiger partial charge in [0, 0.05) is 48.0 Å². The topological polar surface area (TPSA) is 76.8 Å². The third-order valence-corrected chi connectivity index (χ3v) is 4.92. The molecule has 6 heteroatoms. The summed E-state index contributed by atoms with van der Waals surface area (Å²) in [6.45, 7) is 4.20. The van der Waals surface area contributed by atoms with Crippen LogP contribution in [0.1, 0.15) is 23.7 Å². The fraction of sp³-hybridized carbons (Fsp3) is 0.217. The second-order valence-corrected chi connectivity index (χ2v) is 7.04. The second-order valence-electron chi connectivity index (χ2n) is 7.04. The Bertz CT molecular complexity index is 1070. The van der Waals surface area contributed by atoms with E-state index in [1.165, 1.54) is 0 Å². The number of hydrogen-bond donors (Lipinski definition) is 3. The Labute approximate surface area is 169 Å². The molecule has 0 bridgehead atoms. The van der Waals surface area contributed by atoms with Crippen LogP contribution in [0.2, 0.25) is 0 Å². The van der Waals surface area contributed by atoms with E-state index < -0.39 is 0 Å². The largest absolute Gasteiger partial charge is 0.383 e. The number of carbonyl (C=O) groups excluding carboxylic acids is 1. The number of hydrogen-bond acceptors (Lipinski definition) is 3. The number of benzene rings is 2. The van der Waals surface area contributed by atoms with Crippen LogP contribution in [0.4, 0.5) is 5.69 Å². The van der Waals surface area contributed by atoms with Gasteiger partial charge in [0.1, 0.15) is 0 Å². The number of nitrogens with one attached hydrogen (secondary N) is 3. The number of aromatic amines is 2. The zero-order valence-corrected chi connectivity index (χ0v) is 16.5. The van der Waals surface area contributed by atoms with Crippen LogP contribution in [0.3, 0.4) is 0 Å². The van der Waals surface area contributed by atoms with E-state index in [2.05, 4.69) is 27.4 Å². The molecule has 2 heterocycles. The average Bonchev–Trinajstić information content (AvgIpc) is 3.42. The summed E-state index contributed by atoms with van der Waals surface area (Å²) in [7, 11) is 0. The molecular weight excluding hydrogens is 362 g/mol. The summed E-state index contributed by atoms with van der Waals surface area (Å²) in [6.07, 6.45) is 2.65. The molecule has 6 nitrogen and oxygen atoms in total. The fourth-order valence-electron chi connectivity index (χ4n) is 3.48. The van der Waals surface area contributed by atoms with Crippen LogP contribution in [0.15, 0.2) is 66.9 Å². The Balaban J connectivity index is 1.48. The Morgan fingerprint density at radius 3 is 2.66 bits per heavy atom. The van der Waals surface area contributed by atoms with Gasteiger partial charge in [-0.15, -0.1) is 0 Å². The van der Waals surface area contributed by atoms with Crippen LogP contribution in [0, 0.1) is 0 Å². The molecule has 148 valence electrons. The fourth-order valence-corrected chi connectivity index (χ4v) is 3.48. The minimum absolute atomic E-state index is 0.0629. The molecule has 0 saturated carbocycles.